The highest BCUT2D eigenvalue weighted by molar-refractivity contribution is 5.89. The topological polar surface area (TPSA) is 77.5 Å². The molecule has 0 spiro atoms. The van der Waals surface area contributed by atoms with Gasteiger partial charge < -0.3 is 20.6 Å². The van der Waals surface area contributed by atoms with Crippen molar-refractivity contribution < 1.29 is 14.3 Å². The Morgan fingerprint density at radius 1 is 1.20 bits per heavy atom. The fourth-order valence-electron chi connectivity index (χ4n) is 2.76. The number of carbonyl (C=O) groups is 1. The Hall–Kier alpha value is -2.67. The molecule has 3 N–H and O–H groups in total. The maximum atomic E-state index is 12.9. The molecule has 1 saturated heterocycles. The molecule has 1 aliphatic heterocycles. The summed E-state index contributed by atoms with van der Waals surface area (Å²) in [5, 5.41) is 15.3. The van der Waals surface area contributed by atoms with Gasteiger partial charge in [-0.25, -0.2) is 14.2 Å². The largest absolute Gasteiger partial charge is 0.387 e. The van der Waals surface area contributed by atoms with Gasteiger partial charge in [-0.15, -0.1) is 0 Å². The van der Waals surface area contributed by atoms with Crippen LogP contribution in [0.5, 0.6) is 0 Å². The van der Waals surface area contributed by atoms with E-state index >= 15 is 0 Å². The zero-order valence-electron chi connectivity index (χ0n) is 13.8. The van der Waals surface area contributed by atoms with Gasteiger partial charge >= 0.3 is 6.03 Å². The van der Waals surface area contributed by atoms with Gasteiger partial charge in [0.15, 0.2) is 0 Å². The number of aliphatic hydroxyl groups is 1. The zero-order chi connectivity index (χ0) is 17.6. The van der Waals surface area contributed by atoms with E-state index in [0.717, 1.165) is 18.9 Å². The number of nitrogens with one attached hydrogen (secondary N) is 2. The molecule has 2 aromatic rings. The van der Waals surface area contributed by atoms with Gasteiger partial charge in [-0.2, -0.15) is 0 Å². The number of hydrogen-bond donors (Lipinski definition) is 3. The molecular weight excluding hydrogens is 323 g/mol. The van der Waals surface area contributed by atoms with Crippen molar-refractivity contribution in [2.24, 2.45) is 0 Å². The highest BCUT2D eigenvalue weighted by atomic mass is 19.1. The molecule has 0 unspecified atom stereocenters. The first-order chi connectivity index (χ1) is 12.1. The molecule has 7 heteroatoms. The van der Waals surface area contributed by atoms with E-state index in [-0.39, 0.29) is 12.4 Å². The van der Waals surface area contributed by atoms with Gasteiger partial charge in [0.05, 0.1) is 18.0 Å². The van der Waals surface area contributed by atoms with E-state index in [1.807, 2.05) is 6.07 Å². The number of nitrogens with zero attached hydrogens (tertiary/aromatic N) is 2. The third-order valence-corrected chi connectivity index (χ3v) is 4.15. The molecule has 0 saturated carbocycles. The fraction of sp³-hybridized carbons (Fsp3) is 0.333. The molecule has 2 amide bonds. The van der Waals surface area contributed by atoms with Crippen LogP contribution in [0.1, 0.15) is 24.5 Å². The summed E-state index contributed by atoms with van der Waals surface area (Å²) in [6, 6.07) is 8.77. The van der Waals surface area contributed by atoms with Crippen LogP contribution in [-0.4, -0.2) is 35.8 Å². The van der Waals surface area contributed by atoms with Crippen LogP contribution in [-0.2, 0) is 0 Å². The highest BCUT2D eigenvalue weighted by Gasteiger charge is 2.14. The lowest BCUT2D eigenvalue weighted by Crippen LogP contribution is -2.32. The van der Waals surface area contributed by atoms with E-state index in [0.29, 0.717) is 11.3 Å². The van der Waals surface area contributed by atoms with Crippen LogP contribution in [0.2, 0.25) is 0 Å². The van der Waals surface area contributed by atoms with Gasteiger partial charge in [0.1, 0.15) is 11.6 Å². The van der Waals surface area contributed by atoms with Crippen molar-refractivity contribution in [2.45, 2.75) is 18.9 Å². The molecule has 0 bridgehead atoms. The standard InChI is InChI=1S/C18H21FN4O2/c19-14-5-3-13(4-6-14)16(24)12-21-18(25)22-15-7-8-17(20-11-15)23-9-1-2-10-23/h3-8,11,16,24H,1-2,9-10,12H2,(H2,21,22,25)/t16-/m1/s1. The number of benzene rings is 1. The Bertz CT molecular complexity index is 700. The van der Waals surface area contributed by atoms with Gasteiger partial charge in [-0.1, -0.05) is 12.1 Å². The van der Waals surface area contributed by atoms with Gasteiger partial charge in [0, 0.05) is 19.6 Å². The molecule has 1 aromatic carbocycles. The van der Waals surface area contributed by atoms with E-state index in [1.54, 1.807) is 12.3 Å². The quantitative estimate of drug-likeness (QED) is 0.779. The lowest BCUT2D eigenvalue weighted by molar-refractivity contribution is 0.175. The molecule has 1 aromatic heterocycles. The van der Waals surface area contributed by atoms with Crippen LogP contribution < -0.4 is 15.5 Å². The average molecular weight is 344 g/mol. The van der Waals surface area contributed by atoms with E-state index < -0.39 is 12.1 Å². The summed E-state index contributed by atoms with van der Waals surface area (Å²) in [5.41, 5.74) is 1.12. The highest BCUT2D eigenvalue weighted by Crippen LogP contribution is 2.19. The monoisotopic (exact) mass is 344 g/mol. The third-order valence-electron chi connectivity index (χ3n) is 4.15. The Morgan fingerprint density at radius 2 is 1.92 bits per heavy atom. The third kappa shape index (κ3) is 4.67. The summed E-state index contributed by atoms with van der Waals surface area (Å²) in [6.07, 6.45) is 3.08. The molecule has 6 nitrogen and oxygen atoms in total. The van der Waals surface area contributed by atoms with E-state index in [4.69, 9.17) is 0 Å². The Kier molecular flexibility index (Phi) is 5.45. The van der Waals surface area contributed by atoms with E-state index in [9.17, 15) is 14.3 Å². The van der Waals surface area contributed by atoms with Crippen LogP contribution in [0.3, 0.4) is 0 Å². The normalized spacial score (nSPS) is 15.0. The van der Waals surface area contributed by atoms with Crippen LogP contribution in [0.25, 0.3) is 0 Å². The summed E-state index contributed by atoms with van der Waals surface area (Å²) in [7, 11) is 0. The Morgan fingerprint density at radius 3 is 2.56 bits per heavy atom. The van der Waals surface area contributed by atoms with Crippen molar-refractivity contribution >= 4 is 17.5 Å². The smallest absolute Gasteiger partial charge is 0.319 e. The Balaban J connectivity index is 1.47. The lowest BCUT2D eigenvalue weighted by atomic mass is 10.1. The molecule has 0 aliphatic carbocycles. The van der Waals surface area contributed by atoms with Crippen LogP contribution >= 0.6 is 0 Å². The van der Waals surface area contributed by atoms with Crippen molar-refractivity contribution in [3.8, 4) is 0 Å². The lowest BCUT2D eigenvalue weighted by Gasteiger charge is -2.16. The summed E-state index contributed by atoms with van der Waals surface area (Å²) < 4.78 is 12.9. The van der Waals surface area contributed by atoms with E-state index in [2.05, 4.69) is 20.5 Å². The second kappa shape index (κ2) is 7.94. The minimum absolute atomic E-state index is 0.0246. The maximum Gasteiger partial charge on any atom is 0.319 e. The number of aromatic nitrogens is 1. The van der Waals surface area contributed by atoms with Gasteiger partial charge in [0.2, 0.25) is 0 Å². The second-order valence-corrected chi connectivity index (χ2v) is 6.00. The number of amides is 2. The molecule has 0 radical (unpaired) electrons. The molecule has 132 valence electrons. The molecule has 1 fully saturated rings. The van der Waals surface area contributed by atoms with Crippen molar-refractivity contribution in [3.63, 3.8) is 0 Å². The van der Waals surface area contributed by atoms with Crippen LogP contribution in [0.15, 0.2) is 42.6 Å². The first-order valence-electron chi connectivity index (χ1n) is 8.31. The van der Waals surface area contributed by atoms with Crippen LogP contribution in [0.4, 0.5) is 20.7 Å². The van der Waals surface area contributed by atoms with Crippen molar-refractivity contribution in [3.05, 3.63) is 54.0 Å². The number of halogens is 1. The average Bonchev–Trinajstić information content (AvgIpc) is 3.15. The predicted octanol–water partition coefficient (Wildman–Crippen LogP) is 2.68. The molecular formula is C18H21FN4O2. The summed E-state index contributed by atoms with van der Waals surface area (Å²) in [4.78, 5) is 18.5. The molecule has 25 heavy (non-hydrogen) atoms. The summed E-state index contributed by atoms with van der Waals surface area (Å²) in [5.74, 6) is 0.543. The van der Waals surface area contributed by atoms with Gasteiger partial charge in [-0.3, -0.25) is 0 Å². The fourth-order valence-corrected chi connectivity index (χ4v) is 2.76. The van der Waals surface area contributed by atoms with Gasteiger partial charge in [-0.05, 0) is 42.7 Å². The number of pyridine rings is 1. The first-order valence-corrected chi connectivity index (χ1v) is 8.31. The minimum Gasteiger partial charge on any atom is -0.387 e. The maximum absolute atomic E-state index is 12.9. The SMILES string of the molecule is O=C(NC[C@@H](O)c1ccc(F)cc1)Nc1ccc(N2CCCC2)nc1. The molecule has 2 heterocycles. The molecule has 1 aliphatic rings. The summed E-state index contributed by atoms with van der Waals surface area (Å²) >= 11 is 0. The summed E-state index contributed by atoms with van der Waals surface area (Å²) in [6.45, 7) is 2.06. The minimum atomic E-state index is -0.901. The number of hydrogen-bond acceptors (Lipinski definition) is 4. The second-order valence-electron chi connectivity index (χ2n) is 6.00. The number of aliphatic hydroxyl groups excluding tert-OH is 1. The number of rotatable bonds is 5. The van der Waals surface area contributed by atoms with Crippen molar-refractivity contribution in [2.75, 3.05) is 29.9 Å². The van der Waals surface area contributed by atoms with Crippen molar-refractivity contribution in [1.29, 1.82) is 0 Å². The number of anilines is 2. The predicted molar refractivity (Wildman–Crippen MR) is 94.1 cm³/mol. The van der Waals surface area contributed by atoms with E-state index in [1.165, 1.54) is 37.1 Å². The number of carbonyl (C=O) groups excluding carboxylic acids is 1. The van der Waals surface area contributed by atoms with Gasteiger partial charge in [0.25, 0.3) is 0 Å². The molecule has 1 atom stereocenters. The Labute approximate surface area is 145 Å². The number of urea groups is 1. The first kappa shape index (κ1) is 17.2. The van der Waals surface area contributed by atoms with Crippen molar-refractivity contribution in [1.82, 2.24) is 10.3 Å². The van der Waals surface area contributed by atoms with Crippen LogP contribution in [0, 0.1) is 5.82 Å². The zero-order valence-corrected chi connectivity index (χ0v) is 13.8. The molecule has 3 rings (SSSR count).